The highest BCUT2D eigenvalue weighted by Crippen LogP contribution is 2.19. The first-order valence-corrected chi connectivity index (χ1v) is 12.1. The molecule has 1 aromatic heterocycles. The predicted octanol–water partition coefficient (Wildman–Crippen LogP) is 2.42. The lowest BCUT2D eigenvalue weighted by atomic mass is 10.1. The van der Waals surface area contributed by atoms with Gasteiger partial charge in [0, 0.05) is 6.04 Å². The van der Waals surface area contributed by atoms with Crippen molar-refractivity contribution >= 4 is 21.8 Å². The average Bonchev–Trinajstić information content (AvgIpc) is 3.47. The molecule has 2 aromatic rings. The zero-order valence-corrected chi connectivity index (χ0v) is 18.4. The number of hydrogen-bond donors (Lipinski definition) is 2. The number of nitrogens with zero attached hydrogens (tertiary/aromatic N) is 1. The van der Waals surface area contributed by atoms with Gasteiger partial charge in [-0.05, 0) is 43.5 Å². The predicted molar refractivity (Wildman–Crippen MR) is 115 cm³/mol. The Kier molecular flexibility index (Phi) is 7.86. The second-order valence-corrected chi connectivity index (χ2v) is 9.42. The summed E-state index contributed by atoms with van der Waals surface area (Å²) < 4.78 is 32.7. The molecule has 1 atom stereocenters. The second-order valence-electron chi connectivity index (χ2n) is 7.65. The van der Waals surface area contributed by atoms with E-state index in [0.29, 0.717) is 12.2 Å². The first kappa shape index (κ1) is 23.0. The summed E-state index contributed by atoms with van der Waals surface area (Å²) in [6.45, 7) is 1.45. The third-order valence-electron chi connectivity index (χ3n) is 5.46. The van der Waals surface area contributed by atoms with Crippen LogP contribution in [0.3, 0.4) is 0 Å². The fraction of sp³-hybridized carbons (Fsp3) is 0.455. The normalized spacial score (nSPS) is 15.5. The molecule has 1 aromatic carbocycles. The van der Waals surface area contributed by atoms with Crippen molar-refractivity contribution in [1.82, 2.24) is 14.9 Å². The molecule has 1 fully saturated rings. The fourth-order valence-electron chi connectivity index (χ4n) is 3.80. The molecule has 3 rings (SSSR count). The summed E-state index contributed by atoms with van der Waals surface area (Å²) in [5.41, 5.74) is 0. The topological polar surface area (TPSA) is 109 Å². The summed E-state index contributed by atoms with van der Waals surface area (Å²) >= 11 is 0. The van der Waals surface area contributed by atoms with Crippen molar-refractivity contribution < 1.29 is 22.4 Å². The highest BCUT2D eigenvalue weighted by molar-refractivity contribution is 7.89. The van der Waals surface area contributed by atoms with Gasteiger partial charge in [0.1, 0.15) is 11.8 Å². The summed E-state index contributed by atoms with van der Waals surface area (Å²) in [5.74, 6) is -0.198. The van der Waals surface area contributed by atoms with Crippen molar-refractivity contribution in [3.63, 3.8) is 0 Å². The van der Waals surface area contributed by atoms with Crippen molar-refractivity contribution in [2.75, 3.05) is 6.54 Å². The number of furan rings is 1. The molecule has 2 N–H and O–H groups in total. The third-order valence-corrected chi connectivity index (χ3v) is 6.88. The number of sulfonamides is 1. The highest BCUT2D eigenvalue weighted by Gasteiger charge is 2.31. The Balaban J connectivity index is 1.73. The molecule has 2 amide bonds. The number of carbonyl (C=O) groups excluding carboxylic acids is 2. The summed E-state index contributed by atoms with van der Waals surface area (Å²) in [5, 5.41) is 3.04. The van der Waals surface area contributed by atoms with Crippen molar-refractivity contribution in [3.8, 4) is 0 Å². The molecule has 1 aliphatic carbocycles. The maximum atomic E-state index is 13.1. The summed E-state index contributed by atoms with van der Waals surface area (Å²) in [4.78, 5) is 27.5. The monoisotopic (exact) mass is 447 g/mol. The van der Waals surface area contributed by atoms with Gasteiger partial charge in [0.2, 0.25) is 21.8 Å². The number of nitrogens with one attached hydrogen (secondary N) is 2. The Bertz CT molecular complexity index is 954. The van der Waals surface area contributed by atoms with Crippen molar-refractivity contribution in [2.45, 2.75) is 62.6 Å². The highest BCUT2D eigenvalue weighted by atomic mass is 32.2. The summed E-state index contributed by atoms with van der Waals surface area (Å²) in [7, 11) is -3.84. The van der Waals surface area contributed by atoms with Gasteiger partial charge in [-0.15, -0.1) is 0 Å². The maximum Gasteiger partial charge on any atom is 0.243 e. The molecule has 0 radical (unpaired) electrons. The van der Waals surface area contributed by atoms with Crippen LogP contribution in [0, 0.1) is 0 Å². The van der Waals surface area contributed by atoms with E-state index in [1.54, 1.807) is 30.3 Å². The van der Waals surface area contributed by atoms with Gasteiger partial charge in [-0.3, -0.25) is 9.59 Å². The SMILES string of the molecule is CC[C@H](C(=O)NC1CCCC1)N(Cc1ccco1)C(=O)CNS(=O)(=O)c1ccccc1. The van der Waals surface area contributed by atoms with E-state index in [-0.39, 0.29) is 23.4 Å². The Hall–Kier alpha value is -2.65. The lowest BCUT2D eigenvalue weighted by Gasteiger charge is -2.30. The van der Waals surface area contributed by atoms with Crippen LogP contribution in [0.25, 0.3) is 0 Å². The Labute approximate surface area is 183 Å². The third kappa shape index (κ3) is 6.18. The van der Waals surface area contributed by atoms with Gasteiger partial charge in [0.25, 0.3) is 0 Å². The molecule has 1 heterocycles. The minimum Gasteiger partial charge on any atom is -0.467 e. The quantitative estimate of drug-likeness (QED) is 0.581. The van der Waals surface area contributed by atoms with Crippen LogP contribution >= 0.6 is 0 Å². The van der Waals surface area contributed by atoms with Crippen LogP contribution in [0.1, 0.15) is 44.8 Å². The number of rotatable bonds is 10. The molecule has 9 heteroatoms. The van der Waals surface area contributed by atoms with Gasteiger partial charge in [-0.2, -0.15) is 0 Å². The van der Waals surface area contributed by atoms with Gasteiger partial charge >= 0.3 is 0 Å². The molecule has 168 valence electrons. The fourth-order valence-corrected chi connectivity index (χ4v) is 4.79. The largest absolute Gasteiger partial charge is 0.467 e. The number of carbonyl (C=O) groups is 2. The van der Waals surface area contributed by atoms with Crippen LogP contribution in [-0.2, 0) is 26.2 Å². The molecule has 8 nitrogen and oxygen atoms in total. The van der Waals surface area contributed by atoms with E-state index >= 15 is 0 Å². The van der Waals surface area contributed by atoms with Crippen molar-refractivity contribution in [2.24, 2.45) is 0 Å². The molecular formula is C22H29N3O5S. The second kappa shape index (κ2) is 10.6. The number of amides is 2. The molecule has 1 aliphatic rings. The van der Waals surface area contributed by atoms with Gasteiger partial charge in [-0.1, -0.05) is 38.0 Å². The van der Waals surface area contributed by atoms with E-state index in [1.807, 2.05) is 6.92 Å². The average molecular weight is 448 g/mol. The summed E-state index contributed by atoms with van der Waals surface area (Å²) in [6, 6.07) is 10.7. The first-order chi connectivity index (χ1) is 14.9. The van der Waals surface area contributed by atoms with Gasteiger partial charge in [0.05, 0.1) is 24.2 Å². The Morgan fingerprint density at radius 2 is 1.84 bits per heavy atom. The van der Waals surface area contributed by atoms with E-state index in [0.717, 1.165) is 25.7 Å². The van der Waals surface area contributed by atoms with E-state index in [1.165, 1.54) is 23.3 Å². The van der Waals surface area contributed by atoms with Gasteiger partial charge < -0.3 is 14.6 Å². The zero-order valence-electron chi connectivity index (χ0n) is 17.6. The molecule has 0 saturated heterocycles. The lowest BCUT2D eigenvalue weighted by Crippen LogP contribution is -2.52. The number of hydrogen-bond acceptors (Lipinski definition) is 5. The van der Waals surface area contributed by atoms with E-state index in [4.69, 9.17) is 4.42 Å². The van der Waals surface area contributed by atoms with Crippen LogP contribution < -0.4 is 10.0 Å². The van der Waals surface area contributed by atoms with Crippen molar-refractivity contribution in [1.29, 1.82) is 0 Å². The van der Waals surface area contributed by atoms with Crippen LogP contribution in [0.4, 0.5) is 0 Å². The first-order valence-electron chi connectivity index (χ1n) is 10.6. The van der Waals surface area contributed by atoms with E-state index in [9.17, 15) is 18.0 Å². The molecule has 0 aliphatic heterocycles. The number of benzene rings is 1. The van der Waals surface area contributed by atoms with Crippen LogP contribution in [0.15, 0.2) is 58.0 Å². The summed E-state index contributed by atoms with van der Waals surface area (Å²) in [6.07, 6.45) is 5.93. The minimum absolute atomic E-state index is 0.0754. The Morgan fingerprint density at radius 3 is 2.45 bits per heavy atom. The van der Waals surface area contributed by atoms with Crippen LogP contribution in [-0.4, -0.2) is 43.8 Å². The minimum atomic E-state index is -3.84. The molecule has 0 spiro atoms. The molecular weight excluding hydrogens is 418 g/mol. The van der Waals surface area contributed by atoms with Crippen molar-refractivity contribution in [3.05, 3.63) is 54.5 Å². The van der Waals surface area contributed by atoms with Gasteiger partial charge in [-0.25, -0.2) is 13.1 Å². The van der Waals surface area contributed by atoms with E-state index < -0.39 is 28.5 Å². The lowest BCUT2D eigenvalue weighted by molar-refractivity contribution is -0.141. The Morgan fingerprint density at radius 1 is 1.13 bits per heavy atom. The molecule has 0 bridgehead atoms. The van der Waals surface area contributed by atoms with E-state index in [2.05, 4.69) is 10.0 Å². The smallest absolute Gasteiger partial charge is 0.243 e. The van der Waals surface area contributed by atoms with Crippen LogP contribution in [0.5, 0.6) is 0 Å². The van der Waals surface area contributed by atoms with Gasteiger partial charge in [0.15, 0.2) is 0 Å². The maximum absolute atomic E-state index is 13.1. The standard InChI is InChI=1S/C22H29N3O5S/c1-2-20(22(27)24-17-9-6-7-10-17)25(16-18-11-8-14-30-18)21(26)15-23-31(28,29)19-12-4-3-5-13-19/h3-5,8,11-14,17,20,23H,2,6-7,9-10,15-16H2,1H3,(H,24,27)/t20-/m1/s1. The zero-order chi connectivity index (χ0) is 22.3. The molecule has 0 unspecified atom stereocenters. The van der Waals surface area contributed by atoms with Crippen LogP contribution in [0.2, 0.25) is 0 Å². The molecule has 1 saturated carbocycles. The molecule has 31 heavy (non-hydrogen) atoms.